The van der Waals surface area contributed by atoms with Crippen LogP contribution in [0.25, 0.3) is 6.08 Å². The molecule has 23 heavy (non-hydrogen) atoms. The number of ether oxygens (including phenoxy) is 1. The number of nitrogens with zero attached hydrogens (tertiary/aromatic N) is 2. The summed E-state index contributed by atoms with van der Waals surface area (Å²) in [5.74, 6) is -0.907. The summed E-state index contributed by atoms with van der Waals surface area (Å²) in [6.45, 7) is 3.86. The molecule has 120 valence electrons. The van der Waals surface area contributed by atoms with E-state index in [1.807, 2.05) is 0 Å². The Balaban J connectivity index is 2.45. The first-order valence-electron chi connectivity index (χ1n) is 6.30. The number of hydrogen-bond donors (Lipinski definition) is 1. The highest BCUT2D eigenvalue weighted by atomic mass is 32.2. The monoisotopic (exact) mass is 352 g/mol. The number of phenols is 1. The van der Waals surface area contributed by atoms with E-state index in [9.17, 15) is 20.0 Å². The van der Waals surface area contributed by atoms with Gasteiger partial charge in [0.05, 0.1) is 16.9 Å². The minimum Gasteiger partial charge on any atom is -0.500 e. The number of nitro groups is 1. The van der Waals surface area contributed by atoms with Crippen molar-refractivity contribution < 1.29 is 19.6 Å². The van der Waals surface area contributed by atoms with E-state index >= 15 is 0 Å². The number of thiocarbonyl (C=S) groups is 1. The highest BCUT2D eigenvalue weighted by molar-refractivity contribution is 8.26. The van der Waals surface area contributed by atoms with E-state index in [2.05, 4.69) is 6.58 Å². The molecule has 7 nitrogen and oxygen atoms in total. The first-order valence-corrected chi connectivity index (χ1v) is 7.53. The number of carbonyl (C=O) groups excluding carboxylic acids is 1. The van der Waals surface area contributed by atoms with E-state index < -0.39 is 16.4 Å². The summed E-state index contributed by atoms with van der Waals surface area (Å²) < 4.78 is 5.31. The van der Waals surface area contributed by atoms with Gasteiger partial charge in [-0.1, -0.05) is 30.1 Å². The third kappa shape index (κ3) is 3.35. The molecule has 2 rings (SSSR count). The first kappa shape index (κ1) is 17.0. The largest absolute Gasteiger partial charge is 0.500 e. The summed E-state index contributed by atoms with van der Waals surface area (Å²) in [5, 5.41) is 20.7. The number of hydrogen-bond acceptors (Lipinski definition) is 7. The Bertz CT molecular complexity index is 745. The van der Waals surface area contributed by atoms with E-state index in [0.29, 0.717) is 21.3 Å². The maximum Gasteiger partial charge on any atom is 0.315 e. The minimum absolute atomic E-state index is 0.0491. The Labute approximate surface area is 141 Å². The summed E-state index contributed by atoms with van der Waals surface area (Å²) in [5.41, 5.74) is -0.150. The average Bonchev–Trinajstić information content (AvgIpc) is 2.76. The maximum absolute atomic E-state index is 12.2. The molecule has 0 unspecified atom stereocenters. The fourth-order valence-corrected chi connectivity index (χ4v) is 3.20. The normalized spacial score (nSPS) is 16.0. The van der Waals surface area contributed by atoms with E-state index in [-0.39, 0.29) is 11.7 Å². The van der Waals surface area contributed by atoms with Crippen LogP contribution in [0.3, 0.4) is 0 Å². The molecule has 0 atom stereocenters. The Morgan fingerprint density at radius 1 is 1.57 bits per heavy atom. The van der Waals surface area contributed by atoms with Crippen LogP contribution in [-0.2, 0) is 4.79 Å². The Morgan fingerprint density at radius 2 is 2.26 bits per heavy atom. The second-order valence-corrected chi connectivity index (χ2v) is 6.10. The average molecular weight is 352 g/mol. The lowest BCUT2D eigenvalue weighted by Gasteiger charge is -2.10. The zero-order valence-electron chi connectivity index (χ0n) is 12.0. The maximum atomic E-state index is 12.2. The van der Waals surface area contributed by atoms with Crippen LogP contribution in [0.1, 0.15) is 5.56 Å². The predicted molar refractivity (Wildman–Crippen MR) is 91.4 cm³/mol. The summed E-state index contributed by atoms with van der Waals surface area (Å²) in [4.78, 5) is 24.2. The van der Waals surface area contributed by atoms with E-state index in [0.717, 1.165) is 17.8 Å². The molecule has 0 aromatic heterocycles. The molecule has 1 aliphatic rings. The second-order valence-electron chi connectivity index (χ2n) is 4.43. The van der Waals surface area contributed by atoms with Crippen molar-refractivity contribution in [2.24, 2.45) is 0 Å². The number of phenolic OH excluding ortho intramolecular Hbond substituents is 1. The SMILES string of the molecule is C=CCN1C(=O)C(=Cc2cc(OC)c(O)c([N+](=O)[O-])c2)SC1=S. The van der Waals surface area contributed by atoms with Crippen molar-refractivity contribution in [3.05, 3.63) is 45.4 Å². The van der Waals surface area contributed by atoms with Crippen LogP contribution in [0.5, 0.6) is 11.5 Å². The number of benzene rings is 1. The van der Waals surface area contributed by atoms with Crippen molar-refractivity contribution in [1.29, 1.82) is 0 Å². The number of methoxy groups -OCH3 is 1. The van der Waals surface area contributed by atoms with Crippen molar-refractivity contribution in [3.63, 3.8) is 0 Å². The quantitative estimate of drug-likeness (QED) is 0.286. The Hall–Kier alpha value is -2.39. The van der Waals surface area contributed by atoms with Crippen LogP contribution in [-0.4, -0.2) is 38.8 Å². The number of thioether (sulfide) groups is 1. The van der Waals surface area contributed by atoms with Crippen molar-refractivity contribution >= 4 is 46.0 Å². The minimum atomic E-state index is -0.724. The third-order valence-corrected chi connectivity index (χ3v) is 4.35. The van der Waals surface area contributed by atoms with Crippen molar-refractivity contribution in [2.75, 3.05) is 13.7 Å². The standard InChI is InChI=1S/C14H12N2O5S2/c1-3-4-15-13(18)11(23-14(15)22)7-8-5-9(16(19)20)12(17)10(6-8)21-2/h3,5-7,17H,1,4H2,2H3. The van der Waals surface area contributed by atoms with E-state index in [1.54, 1.807) is 6.08 Å². The van der Waals surface area contributed by atoms with Gasteiger partial charge in [0.1, 0.15) is 4.32 Å². The number of nitro benzene ring substituents is 1. The summed E-state index contributed by atoms with van der Waals surface area (Å²) in [6, 6.07) is 2.57. The Morgan fingerprint density at radius 3 is 2.83 bits per heavy atom. The number of rotatable bonds is 5. The summed E-state index contributed by atoms with van der Waals surface area (Å²) in [6.07, 6.45) is 3.03. The van der Waals surface area contributed by atoms with Crippen LogP contribution in [0, 0.1) is 10.1 Å². The van der Waals surface area contributed by atoms with Crippen LogP contribution in [0.4, 0.5) is 5.69 Å². The zero-order valence-corrected chi connectivity index (χ0v) is 13.6. The van der Waals surface area contributed by atoms with Gasteiger partial charge in [-0.3, -0.25) is 19.8 Å². The van der Waals surface area contributed by atoms with Gasteiger partial charge in [-0.2, -0.15) is 0 Å². The molecular weight excluding hydrogens is 340 g/mol. The molecule has 1 aromatic carbocycles. The van der Waals surface area contributed by atoms with Crippen molar-refractivity contribution in [1.82, 2.24) is 4.90 Å². The van der Waals surface area contributed by atoms with Gasteiger partial charge in [0, 0.05) is 12.6 Å². The predicted octanol–water partition coefficient (Wildman–Crippen LogP) is 2.70. The second kappa shape index (κ2) is 6.80. The van der Waals surface area contributed by atoms with Crippen molar-refractivity contribution in [2.45, 2.75) is 0 Å². The van der Waals surface area contributed by atoms with Crippen LogP contribution < -0.4 is 4.74 Å². The number of amides is 1. The molecule has 1 heterocycles. The number of carbonyl (C=O) groups is 1. The molecule has 0 bridgehead atoms. The molecule has 1 fully saturated rings. The summed E-state index contributed by atoms with van der Waals surface area (Å²) in [7, 11) is 1.28. The van der Waals surface area contributed by atoms with Gasteiger partial charge in [0.25, 0.3) is 5.91 Å². The Kier molecular flexibility index (Phi) is 5.02. The van der Waals surface area contributed by atoms with Gasteiger partial charge in [-0.25, -0.2) is 0 Å². The molecule has 0 radical (unpaired) electrons. The topological polar surface area (TPSA) is 92.9 Å². The fraction of sp³-hybridized carbons (Fsp3) is 0.143. The third-order valence-electron chi connectivity index (χ3n) is 2.98. The molecule has 0 spiro atoms. The fourth-order valence-electron chi connectivity index (χ4n) is 1.93. The molecular formula is C14H12N2O5S2. The van der Waals surface area contributed by atoms with Crippen molar-refractivity contribution in [3.8, 4) is 11.5 Å². The van der Waals surface area contributed by atoms with Crippen LogP contribution in [0.2, 0.25) is 0 Å². The molecule has 1 saturated heterocycles. The van der Waals surface area contributed by atoms with Gasteiger partial charge >= 0.3 is 5.69 Å². The zero-order chi connectivity index (χ0) is 17.1. The van der Waals surface area contributed by atoms with Crippen LogP contribution in [0.15, 0.2) is 29.7 Å². The molecule has 9 heteroatoms. The van der Waals surface area contributed by atoms with Gasteiger partial charge in [-0.05, 0) is 17.7 Å². The number of aromatic hydroxyl groups is 1. The molecule has 1 aliphatic heterocycles. The van der Waals surface area contributed by atoms with Gasteiger partial charge in [0.2, 0.25) is 5.75 Å². The van der Waals surface area contributed by atoms with Gasteiger partial charge in [0.15, 0.2) is 5.75 Å². The van der Waals surface area contributed by atoms with E-state index in [1.165, 1.54) is 24.2 Å². The molecule has 1 N–H and O–H groups in total. The smallest absolute Gasteiger partial charge is 0.315 e. The van der Waals surface area contributed by atoms with E-state index in [4.69, 9.17) is 17.0 Å². The van der Waals surface area contributed by atoms with Gasteiger partial charge < -0.3 is 9.84 Å². The lowest BCUT2D eigenvalue weighted by Crippen LogP contribution is -2.27. The van der Waals surface area contributed by atoms with Crippen LogP contribution >= 0.6 is 24.0 Å². The first-order chi connectivity index (χ1) is 10.9. The van der Waals surface area contributed by atoms with Gasteiger partial charge in [-0.15, -0.1) is 6.58 Å². The molecule has 1 amide bonds. The molecule has 0 saturated carbocycles. The lowest BCUT2D eigenvalue weighted by molar-refractivity contribution is -0.386. The molecule has 0 aliphatic carbocycles. The summed E-state index contributed by atoms with van der Waals surface area (Å²) >= 11 is 6.22. The lowest BCUT2D eigenvalue weighted by atomic mass is 10.1. The highest BCUT2D eigenvalue weighted by Crippen LogP contribution is 2.39. The molecule has 1 aromatic rings. The highest BCUT2D eigenvalue weighted by Gasteiger charge is 2.31.